The van der Waals surface area contributed by atoms with Crippen molar-refractivity contribution in [2.45, 2.75) is 12.5 Å². The Balaban J connectivity index is 2.65. The van der Waals surface area contributed by atoms with Crippen molar-refractivity contribution in [1.82, 2.24) is 5.32 Å². The lowest BCUT2D eigenvalue weighted by Gasteiger charge is -2.13. The van der Waals surface area contributed by atoms with E-state index in [4.69, 9.17) is 0 Å². The highest BCUT2D eigenvalue weighted by Crippen LogP contribution is 2.26. The second-order valence-corrected chi connectivity index (χ2v) is 7.99. The molecular weight excluding hydrogens is 298 g/mol. The van der Waals surface area contributed by atoms with Gasteiger partial charge in [0.2, 0.25) is 0 Å². The van der Waals surface area contributed by atoms with Gasteiger partial charge in [0.15, 0.2) is 0 Å². The van der Waals surface area contributed by atoms with E-state index in [-0.39, 0.29) is 11.8 Å². The maximum absolute atomic E-state index is 11.1. The highest BCUT2D eigenvalue weighted by atomic mass is 79.9. The molecule has 3 nitrogen and oxygen atoms in total. The Labute approximate surface area is 103 Å². The molecule has 0 amide bonds. The molecule has 1 rings (SSSR count). The van der Waals surface area contributed by atoms with Crippen LogP contribution in [0.1, 0.15) is 18.0 Å². The van der Waals surface area contributed by atoms with Gasteiger partial charge >= 0.3 is 0 Å². The fraction of sp³-hybridized carbons (Fsp3) is 0.556. The Hall–Kier alpha value is 0.0900. The maximum Gasteiger partial charge on any atom is 0.147 e. The Morgan fingerprint density at radius 2 is 2.27 bits per heavy atom. The zero-order chi connectivity index (χ0) is 11.5. The molecular formula is C9H14BrNO2S2. The minimum Gasteiger partial charge on any atom is -0.313 e. The van der Waals surface area contributed by atoms with Crippen LogP contribution >= 0.6 is 27.3 Å². The van der Waals surface area contributed by atoms with Crippen molar-refractivity contribution in [1.29, 1.82) is 0 Å². The molecule has 0 aliphatic carbocycles. The minimum absolute atomic E-state index is 0.113. The first-order chi connectivity index (χ1) is 6.92. The standard InChI is InChI=1S/C9H14BrNO2S2/c1-11-8(3-4-15(2,12)13)7-5-9(10)14-6-7/h5-6,8,11H,3-4H2,1-2H3. The van der Waals surface area contributed by atoms with E-state index in [1.165, 1.54) is 6.26 Å². The van der Waals surface area contributed by atoms with Gasteiger partial charge in [0.05, 0.1) is 9.54 Å². The quantitative estimate of drug-likeness (QED) is 0.907. The predicted molar refractivity (Wildman–Crippen MR) is 68.1 cm³/mol. The Morgan fingerprint density at radius 3 is 2.67 bits per heavy atom. The lowest BCUT2D eigenvalue weighted by atomic mass is 10.1. The zero-order valence-electron chi connectivity index (χ0n) is 8.66. The van der Waals surface area contributed by atoms with Gasteiger partial charge in [-0.1, -0.05) is 0 Å². The number of thiophene rings is 1. The molecule has 0 spiro atoms. The molecule has 0 radical (unpaired) electrons. The fourth-order valence-corrected chi connectivity index (χ4v) is 3.21. The molecule has 1 aromatic rings. The average Bonchev–Trinajstić information content (AvgIpc) is 2.51. The van der Waals surface area contributed by atoms with E-state index < -0.39 is 9.84 Å². The normalized spacial score (nSPS) is 14.1. The lowest BCUT2D eigenvalue weighted by molar-refractivity contribution is 0.560. The lowest BCUT2D eigenvalue weighted by Crippen LogP contribution is -2.19. The van der Waals surface area contributed by atoms with Gasteiger partial charge in [-0.2, -0.15) is 0 Å². The van der Waals surface area contributed by atoms with Crippen LogP contribution in [-0.2, 0) is 9.84 Å². The van der Waals surface area contributed by atoms with Crippen molar-refractivity contribution in [3.05, 3.63) is 20.8 Å². The van der Waals surface area contributed by atoms with Crippen LogP contribution in [0.3, 0.4) is 0 Å². The summed E-state index contributed by atoms with van der Waals surface area (Å²) in [5, 5.41) is 5.16. The van der Waals surface area contributed by atoms with E-state index in [0.29, 0.717) is 6.42 Å². The van der Waals surface area contributed by atoms with Gasteiger partial charge in [-0.05, 0) is 46.4 Å². The highest BCUT2D eigenvalue weighted by molar-refractivity contribution is 9.11. The van der Waals surface area contributed by atoms with E-state index in [1.54, 1.807) is 11.3 Å². The minimum atomic E-state index is -2.88. The van der Waals surface area contributed by atoms with Gasteiger partial charge in [-0.15, -0.1) is 11.3 Å². The van der Waals surface area contributed by atoms with E-state index in [2.05, 4.69) is 21.2 Å². The molecule has 0 fully saturated rings. The van der Waals surface area contributed by atoms with Crippen LogP contribution in [0.15, 0.2) is 15.2 Å². The van der Waals surface area contributed by atoms with Crippen LogP contribution in [0.25, 0.3) is 0 Å². The van der Waals surface area contributed by atoms with Crippen molar-refractivity contribution >= 4 is 37.1 Å². The molecule has 0 aliphatic rings. The van der Waals surface area contributed by atoms with Gasteiger partial charge in [0.25, 0.3) is 0 Å². The number of hydrogen-bond donors (Lipinski definition) is 1. The van der Waals surface area contributed by atoms with Crippen molar-refractivity contribution in [3.63, 3.8) is 0 Å². The third kappa shape index (κ3) is 4.63. The van der Waals surface area contributed by atoms with Crippen LogP contribution in [0.2, 0.25) is 0 Å². The molecule has 0 aromatic carbocycles. The summed E-state index contributed by atoms with van der Waals surface area (Å²) in [5.41, 5.74) is 1.14. The number of nitrogens with one attached hydrogen (secondary N) is 1. The summed E-state index contributed by atoms with van der Waals surface area (Å²) in [7, 11) is -1.03. The molecule has 1 heterocycles. The van der Waals surface area contributed by atoms with Crippen LogP contribution in [-0.4, -0.2) is 27.5 Å². The molecule has 1 unspecified atom stereocenters. The van der Waals surface area contributed by atoms with E-state index in [0.717, 1.165) is 9.35 Å². The van der Waals surface area contributed by atoms with E-state index >= 15 is 0 Å². The van der Waals surface area contributed by atoms with Gasteiger partial charge in [0.1, 0.15) is 9.84 Å². The zero-order valence-corrected chi connectivity index (χ0v) is 11.9. The summed E-state index contributed by atoms with van der Waals surface area (Å²) < 4.78 is 23.2. The Kier molecular flexibility index (Phi) is 4.76. The Bertz CT molecular complexity index is 414. The molecule has 0 saturated heterocycles. The molecule has 15 heavy (non-hydrogen) atoms. The first-order valence-electron chi connectivity index (χ1n) is 4.51. The first-order valence-corrected chi connectivity index (χ1v) is 8.24. The van der Waals surface area contributed by atoms with Gasteiger partial charge in [0, 0.05) is 12.3 Å². The maximum atomic E-state index is 11.1. The van der Waals surface area contributed by atoms with Crippen molar-refractivity contribution in [2.75, 3.05) is 19.1 Å². The van der Waals surface area contributed by atoms with Gasteiger partial charge < -0.3 is 5.32 Å². The smallest absolute Gasteiger partial charge is 0.147 e. The molecule has 1 N–H and O–H groups in total. The van der Waals surface area contributed by atoms with Crippen LogP contribution in [0.4, 0.5) is 0 Å². The van der Waals surface area contributed by atoms with Crippen molar-refractivity contribution in [2.24, 2.45) is 0 Å². The Morgan fingerprint density at radius 1 is 1.60 bits per heavy atom. The van der Waals surface area contributed by atoms with Crippen LogP contribution in [0, 0.1) is 0 Å². The van der Waals surface area contributed by atoms with E-state index in [9.17, 15) is 8.42 Å². The monoisotopic (exact) mass is 311 g/mol. The molecule has 1 atom stereocenters. The van der Waals surface area contributed by atoms with Crippen molar-refractivity contribution < 1.29 is 8.42 Å². The topological polar surface area (TPSA) is 46.2 Å². The third-order valence-corrected chi connectivity index (χ3v) is 4.62. The number of halogens is 1. The summed E-state index contributed by atoms with van der Waals surface area (Å²) in [6.45, 7) is 0. The first kappa shape index (κ1) is 13.2. The summed E-state index contributed by atoms with van der Waals surface area (Å²) in [6, 6.07) is 2.14. The molecule has 0 saturated carbocycles. The van der Waals surface area contributed by atoms with Crippen LogP contribution < -0.4 is 5.32 Å². The fourth-order valence-electron chi connectivity index (χ4n) is 1.32. The van der Waals surface area contributed by atoms with E-state index in [1.807, 2.05) is 18.5 Å². The molecule has 0 aliphatic heterocycles. The predicted octanol–water partition coefficient (Wildman–Crippen LogP) is 2.21. The SMILES string of the molecule is CNC(CCS(C)(=O)=O)c1csc(Br)c1. The largest absolute Gasteiger partial charge is 0.313 e. The molecule has 86 valence electrons. The molecule has 1 aromatic heterocycles. The third-order valence-electron chi connectivity index (χ3n) is 2.12. The van der Waals surface area contributed by atoms with Crippen LogP contribution in [0.5, 0.6) is 0 Å². The second kappa shape index (κ2) is 5.43. The average molecular weight is 312 g/mol. The van der Waals surface area contributed by atoms with Gasteiger partial charge in [-0.3, -0.25) is 0 Å². The summed E-state index contributed by atoms with van der Waals surface area (Å²) in [4.78, 5) is 0. The van der Waals surface area contributed by atoms with Crippen molar-refractivity contribution in [3.8, 4) is 0 Å². The highest BCUT2D eigenvalue weighted by Gasteiger charge is 2.13. The summed E-state index contributed by atoms with van der Waals surface area (Å²) >= 11 is 5.00. The van der Waals surface area contributed by atoms with Gasteiger partial charge in [-0.25, -0.2) is 8.42 Å². The summed E-state index contributed by atoms with van der Waals surface area (Å²) in [5.74, 6) is 0.214. The second-order valence-electron chi connectivity index (χ2n) is 3.44. The number of sulfone groups is 1. The summed E-state index contributed by atoms with van der Waals surface area (Å²) in [6.07, 6.45) is 1.88. The molecule has 0 bridgehead atoms. The number of rotatable bonds is 5. The molecule has 6 heteroatoms. The number of hydrogen-bond acceptors (Lipinski definition) is 4.